The van der Waals surface area contributed by atoms with Crippen molar-refractivity contribution in [3.05, 3.63) is 58.3 Å². The molecule has 0 aliphatic rings. The lowest BCUT2D eigenvalue weighted by atomic mass is 10.1. The Kier molecular flexibility index (Phi) is 3.06. The Hall–Kier alpha value is -2.14. The number of fused-ring (bicyclic) bond motifs is 1. The molecule has 0 fully saturated rings. The fraction of sp³-hybridized carbons (Fsp3) is 0.0667. The maximum absolute atomic E-state index is 11.2. The van der Waals surface area contributed by atoms with Gasteiger partial charge in [-0.1, -0.05) is 28.1 Å². The molecule has 2 aromatic carbocycles. The van der Waals surface area contributed by atoms with Gasteiger partial charge in [0.15, 0.2) is 0 Å². The largest absolute Gasteiger partial charge is 0.478 e. The summed E-state index contributed by atoms with van der Waals surface area (Å²) in [6.45, 7) is 2.01. The quantitative estimate of drug-likeness (QED) is 0.777. The highest BCUT2D eigenvalue weighted by molar-refractivity contribution is 9.10. The van der Waals surface area contributed by atoms with E-state index in [1.165, 1.54) is 0 Å². The Morgan fingerprint density at radius 1 is 1.25 bits per heavy atom. The first-order valence-corrected chi connectivity index (χ1v) is 6.83. The minimum absolute atomic E-state index is 0.217. The topological polar surface area (TPSA) is 55.1 Å². The van der Waals surface area contributed by atoms with E-state index in [0.717, 1.165) is 21.2 Å². The molecule has 4 nitrogen and oxygen atoms in total. The van der Waals surface area contributed by atoms with Crippen LogP contribution in [0, 0.1) is 6.92 Å². The summed E-state index contributed by atoms with van der Waals surface area (Å²) in [5.41, 5.74) is 3.55. The van der Waals surface area contributed by atoms with E-state index < -0.39 is 5.97 Å². The zero-order chi connectivity index (χ0) is 14.3. The van der Waals surface area contributed by atoms with Gasteiger partial charge in [-0.2, -0.15) is 0 Å². The Bertz CT molecular complexity index is 824. The van der Waals surface area contributed by atoms with Crippen LogP contribution in [-0.4, -0.2) is 20.6 Å². The van der Waals surface area contributed by atoms with Gasteiger partial charge in [0, 0.05) is 4.47 Å². The second kappa shape index (κ2) is 4.76. The molecule has 1 N–H and O–H groups in total. The number of hydrogen-bond acceptors (Lipinski definition) is 2. The standard InChI is InChI=1S/C15H11BrN2O2/c1-9-11(16)5-3-6-12(9)18-8-17-14-10(15(19)20)4-2-7-13(14)18/h2-8H,1H3,(H,19,20). The van der Waals surface area contributed by atoms with Gasteiger partial charge in [0.25, 0.3) is 0 Å². The Morgan fingerprint density at radius 3 is 2.75 bits per heavy atom. The molecular weight excluding hydrogens is 320 g/mol. The second-order valence-electron chi connectivity index (χ2n) is 4.48. The second-order valence-corrected chi connectivity index (χ2v) is 5.33. The predicted octanol–water partition coefficient (Wildman–Crippen LogP) is 3.79. The molecule has 20 heavy (non-hydrogen) atoms. The number of benzene rings is 2. The van der Waals surface area contributed by atoms with Crippen molar-refractivity contribution in [2.24, 2.45) is 0 Å². The number of aromatic carboxylic acids is 1. The van der Waals surface area contributed by atoms with E-state index >= 15 is 0 Å². The molecule has 0 aliphatic heterocycles. The normalized spacial score (nSPS) is 10.9. The van der Waals surface area contributed by atoms with Crippen LogP contribution in [0.5, 0.6) is 0 Å². The summed E-state index contributed by atoms with van der Waals surface area (Å²) >= 11 is 3.51. The molecule has 0 spiro atoms. The van der Waals surface area contributed by atoms with Gasteiger partial charge in [-0.15, -0.1) is 0 Å². The van der Waals surface area contributed by atoms with Gasteiger partial charge in [0.2, 0.25) is 0 Å². The monoisotopic (exact) mass is 330 g/mol. The summed E-state index contributed by atoms with van der Waals surface area (Å²) in [6, 6.07) is 11.1. The number of nitrogens with zero attached hydrogens (tertiary/aromatic N) is 2. The first-order valence-electron chi connectivity index (χ1n) is 6.04. The highest BCUT2D eigenvalue weighted by Gasteiger charge is 2.14. The number of carboxylic acid groups (broad SMARTS) is 1. The summed E-state index contributed by atoms with van der Waals surface area (Å²) < 4.78 is 2.91. The van der Waals surface area contributed by atoms with E-state index in [9.17, 15) is 9.90 Å². The molecule has 100 valence electrons. The zero-order valence-electron chi connectivity index (χ0n) is 10.7. The fourth-order valence-corrected chi connectivity index (χ4v) is 2.62. The van der Waals surface area contributed by atoms with Gasteiger partial charge in [0.1, 0.15) is 11.8 Å². The molecule has 0 unspecified atom stereocenters. The third-order valence-electron chi connectivity index (χ3n) is 3.31. The number of carboxylic acids is 1. The Morgan fingerprint density at radius 2 is 2.00 bits per heavy atom. The Labute approximate surface area is 123 Å². The lowest BCUT2D eigenvalue weighted by Gasteiger charge is -2.09. The van der Waals surface area contributed by atoms with Gasteiger partial charge in [-0.25, -0.2) is 9.78 Å². The molecule has 0 atom stereocenters. The SMILES string of the molecule is Cc1c(Br)cccc1-n1cnc2c(C(=O)O)cccc21. The van der Waals surface area contributed by atoms with Crippen LogP contribution in [-0.2, 0) is 0 Å². The summed E-state index contributed by atoms with van der Waals surface area (Å²) in [7, 11) is 0. The lowest BCUT2D eigenvalue weighted by molar-refractivity contribution is 0.0699. The van der Waals surface area contributed by atoms with Crippen molar-refractivity contribution in [1.29, 1.82) is 0 Å². The van der Waals surface area contributed by atoms with Crippen LogP contribution < -0.4 is 0 Å². The molecule has 5 heteroatoms. The number of halogens is 1. The molecule has 3 aromatic rings. The number of imidazole rings is 1. The van der Waals surface area contributed by atoms with E-state index in [1.807, 2.05) is 35.8 Å². The lowest BCUT2D eigenvalue weighted by Crippen LogP contribution is -1.99. The third kappa shape index (κ3) is 1.91. The maximum atomic E-state index is 11.2. The van der Waals surface area contributed by atoms with E-state index in [4.69, 9.17) is 0 Å². The van der Waals surface area contributed by atoms with Gasteiger partial charge < -0.3 is 5.11 Å². The van der Waals surface area contributed by atoms with Crippen molar-refractivity contribution in [2.45, 2.75) is 6.92 Å². The van der Waals surface area contributed by atoms with Crippen molar-refractivity contribution >= 4 is 32.9 Å². The number of rotatable bonds is 2. The van der Waals surface area contributed by atoms with Crippen molar-refractivity contribution < 1.29 is 9.90 Å². The van der Waals surface area contributed by atoms with Crippen molar-refractivity contribution in [2.75, 3.05) is 0 Å². The number of carbonyl (C=O) groups is 1. The molecule has 0 amide bonds. The predicted molar refractivity (Wildman–Crippen MR) is 80.5 cm³/mol. The molecule has 1 aromatic heterocycles. The van der Waals surface area contributed by atoms with Crippen molar-refractivity contribution in [3.8, 4) is 5.69 Å². The van der Waals surface area contributed by atoms with Crippen LogP contribution in [0.25, 0.3) is 16.7 Å². The highest BCUT2D eigenvalue weighted by atomic mass is 79.9. The number of hydrogen-bond donors (Lipinski definition) is 1. The van der Waals surface area contributed by atoms with Gasteiger partial charge in [-0.3, -0.25) is 4.57 Å². The third-order valence-corrected chi connectivity index (χ3v) is 4.16. The van der Waals surface area contributed by atoms with Gasteiger partial charge in [0.05, 0.1) is 16.8 Å². The molecular formula is C15H11BrN2O2. The fourth-order valence-electron chi connectivity index (χ4n) is 2.26. The molecule has 0 saturated carbocycles. The van der Waals surface area contributed by atoms with Crippen molar-refractivity contribution in [3.63, 3.8) is 0 Å². The average Bonchev–Trinajstić information content (AvgIpc) is 2.85. The molecule has 0 radical (unpaired) electrons. The van der Waals surface area contributed by atoms with Crippen molar-refractivity contribution in [1.82, 2.24) is 9.55 Å². The van der Waals surface area contributed by atoms with E-state index in [2.05, 4.69) is 20.9 Å². The highest BCUT2D eigenvalue weighted by Crippen LogP contribution is 2.26. The van der Waals surface area contributed by atoms with Gasteiger partial charge >= 0.3 is 5.97 Å². The number of aromatic nitrogens is 2. The molecule has 0 bridgehead atoms. The summed E-state index contributed by atoms with van der Waals surface area (Å²) in [6.07, 6.45) is 1.66. The van der Waals surface area contributed by atoms with Crippen LogP contribution in [0.2, 0.25) is 0 Å². The first-order chi connectivity index (χ1) is 9.59. The number of para-hydroxylation sites is 1. The molecule has 1 heterocycles. The maximum Gasteiger partial charge on any atom is 0.337 e. The summed E-state index contributed by atoms with van der Waals surface area (Å²) in [5.74, 6) is -0.966. The van der Waals surface area contributed by atoms with E-state index in [-0.39, 0.29) is 5.56 Å². The zero-order valence-corrected chi connectivity index (χ0v) is 12.3. The minimum Gasteiger partial charge on any atom is -0.478 e. The van der Waals surface area contributed by atoms with Crippen LogP contribution >= 0.6 is 15.9 Å². The summed E-state index contributed by atoms with van der Waals surface area (Å²) in [5, 5.41) is 9.20. The smallest absolute Gasteiger partial charge is 0.337 e. The van der Waals surface area contributed by atoms with E-state index in [1.54, 1.807) is 18.5 Å². The van der Waals surface area contributed by atoms with E-state index in [0.29, 0.717) is 5.52 Å². The Balaban J connectivity index is 2.31. The molecule has 3 rings (SSSR count). The summed E-state index contributed by atoms with van der Waals surface area (Å²) in [4.78, 5) is 15.5. The van der Waals surface area contributed by atoms with Crippen LogP contribution in [0.15, 0.2) is 47.2 Å². The first kappa shape index (κ1) is 12.9. The van der Waals surface area contributed by atoms with Crippen LogP contribution in [0.4, 0.5) is 0 Å². The van der Waals surface area contributed by atoms with Crippen LogP contribution in [0.1, 0.15) is 15.9 Å². The minimum atomic E-state index is -0.966. The van der Waals surface area contributed by atoms with Gasteiger partial charge in [-0.05, 0) is 36.8 Å². The molecule has 0 saturated heterocycles. The molecule has 0 aliphatic carbocycles. The van der Waals surface area contributed by atoms with Crippen LogP contribution in [0.3, 0.4) is 0 Å². The average molecular weight is 331 g/mol.